The summed E-state index contributed by atoms with van der Waals surface area (Å²) >= 11 is 1.84. The summed E-state index contributed by atoms with van der Waals surface area (Å²) in [5.41, 5.74) is 1.23. The number of benzene rings is 1. The van der Waals surface area contributed by atoms with E-state index in [0.717, 1.165) is 44.3 Å². The normalized spacial score (nSPS) is 16.7. The Labute approximate surface area is 131 Å². The van der Waals surface area contributed by atoms with Crippen LogP contribution in [0.4, 0.5) is 0 Å². The van der Waals surface area contributed by atoms with Gasteiger partial charge in [-0.2, -0.15) is 11.8 Å². The number of hydrogen-bond donors (Lipinski definition) is 2. The highest BCUT2D eigenvalue weighted by Gasteiger charge is 2.14. The van der Waals surface area contributed by atoms with Crippen LogP contribution in [0.3, 0.4) is 0 Å². The van der Waals surface area contributed by atoms with Gasteiger partial charge in [-0.15, -0.1) is 0 Å². The number of ether oxygens (including phenoxy) is 1. The SMILES string of the molecule is CSCCNC(=NCc1ccccc1)NC1CCOCC1. The molecule has 0 aromatic heterocycles. The first-order valence-electron chi connectivity index (χ1n) is 7.54. The minimum Gasteiger partial charge on any atom is -0.381 e. The van der Waals surface area contributed by atoms with Gasteiger partial charge in [-0.1, -0.05) is 30.3 Å². The summed E-state index contributed by atoms with van der Waals surface area (Å²) in [6.45, 7) is 3.33. The van der Waals surface area contributed by atoms with Crippen LogP contribution in [0.5, 0.6) is 0 Å². The Hall–Kier alpha value is -1.20. The van der Waals surface area contributed by atoms with Gasteiger partial charge in [0.2, 0.25) is 0 Å². The largest absolute Gasteiger partial charge is 0.381 e. The summed E-state index contributed by atoms with van der Waals surface area (Å²) < 4.78 is 5.41. The molecule has 0 unspecified atom stereocenters. The van der Waals surface area contributed by atoms with E-state index in [0.29, 0.717) is 12.6 Å². The van der Waals surface area contributed by atoms with Gasteiger partial charge in [-0.05, 0) is 24.7 Å². The highest BCUT2D eigenvalue weighted by Crippen LogP contribution is 2.06. The molecule has 5 heteroatoms. The van der Waals surface area contributed by atoms with E-state index in [-0.39, 0.29) is 0 Å². The van der Waals surface area contributed by atoms with Gasteiger partial charge in [0.15, 0.2) is 5.96 Å². The van der Waals surface area contributed by atoms with E-state index >= 15 is 0 Å². The van der Waals surface area contributed by atoms with Crippen molar-refractivity contribution in [2.24, 2.45) is 4.99 Å². The second kappa shape index (κ2) is 9.68. The zero-order valence-corrected chi connectivity index (χ0v) is 13.5. The fraction of sp³-hybridized carbons (Fsp3) is 0.562. The molecule has 0 aliphatic carbocycles. The summed E-state index contributed by atoms with van der Waals surface area (Å²) in [6.07, 6.45) is 4.22. The Bertz CT molecular complexity index is 419. The average molecular weight is 307 g/mol. The first-order valence-corrected chi connectivity index (χ1v) is 8.93. The van der Waals surface area contributed by atoms with Crippen LogP contribution in [0.25, 0.3) is 0 Å². The van der Waals surface area contributed by atoms with Gasteiger partial charge >= 0.3 is 0 Å². The molecule has 1 aromatic carbocycles. The van der Waals surface area contributed by atoms with Gasteiger partial charge in [0.05, 0.1) is 6.54 Å². The lowest BCUT2D eigenvalue weighted by atomic mass is 10.1. The lowest BCUT2D eigenvalue weighted by Crippen LogP contribution is -2.46. The quantitative estimate of drug-likeness (QED) is 0.481. The molecule has 0 bridgehead atoms. The molecule has 1 saturated heterocycles. The molecule has 0 atom stereocenters. The molecule has 21 heavy (non-hydrogen) atoms. The predicted molar refractivity (Wildman–Crippen MR) is 90.9 cm³/mol. The van der Waals surface area contributed by atoms with Gasteiger partial charge in [-0.3, -0.25) is 0 Å². The fourth-order valence-electron chi connectivity index (χ4n) is 2.21. The third-order valence-corrected chi connectivity index (χ3v) is 4.04. The van der Waals surface area contributed by atoms with Crippen LogP contribution in [0.15, 0.2) is 35.3 Å². The Balaban J connectivity index is 1.89. The van der Waals surface area contributed by atoms with Crippen LogP contribution in [-0.2, 0) is 11.3 Å². The van der Waals surface area contributed by atoms with Crippen LogP contribution in [-0.4, -0.2) is 43.8 Å². The lowest BCUT2D eigenvalue weighted by molar-refractivity contribution is 0.0822. The molecule has 116 valence electrons. The number of hydrogen-bond acceptors (Lipinski definition) is 3. The zero-order chi connectivity index (χ0) is 14.8. The van der Waals surface area contributed by atoms with E-state index in [4.69, 9.17) is 9.73 Å². The van der Waals surface area contributed by atoms with E-state index in [1.54, 1.807) is 0 Å². The number of thioether (sulfide) groups is 1. The first-order chi connectivity index (χ1) is 10.4. The van der Waals surface area contributed by atoms with Gasteiger partial charge in [-0.25, -0.2) is 4.99 Å². The van der Waals surface area contributed by atoms with Crippen LogP contribution >= 0.6 is 11.8 Å². The Kier molecular flexibility index (Phi) is 7.46. The number of rotatable bonds is 6. The van der Waals surface area contributed by atoms with Crippen molar-refractivity contribution < 1.29 is 4.74 Å². The van der Waals surface area contributed by atoms with Gasteiger partial charge in [0.25, 0.3) is 0 Å². The number of nitrogens with zero attached hydrogens (tertiary/aromatic N) is 1. The van der Waals surface area contributed by atoms with E-state index in [9.17, 15) is 0 Å². The van der Waals surface area contributed by atoms with E-state index < -0.39 is 0 Å². The third kappa shape index (κ3) is 6.40. The molecule has 2 N–H and O–H groups in total. The molecule has 1 fully saturated rings. The van der Waals surface area contributed by atoms with Crippen molar-refractivity contribution in [3.63, 3.8) is 0 Å². The van der Waals surface area contributed by atoms with Crippen LogP contribution < -0.4 is 10.6 Å². The van der Waals surface area contributed by atoms with Crippen molar-refractivity contribution in [3.05, 3.63) is 35.9 Å². The monoisotopic (exact) mass is 307 g/mol. The third-order valence-electron chi connectivity index (χ3n) is 3.42. The summed E-state index contributed by atoms with van der Waals surface area (Å²) in [5.74, 6) is 2.00. The highest BCUT2D eigenvalue weighted by molar-refractivity contribution is 7.98. The standard InChI is InChI=1S/C16H25N3OS/c1-21-12-9-17-16(19-15-7-10-20-11-8-15)18-13-14-5-3-2-4-6-14/h2-6,15H,7-13H2,1H3,(H2,17,18,19). The van der Waals surface area contributed by atoms with E-state index in [2.05, 4.69) is 41.2 Å². The molecule has 1 aliphatic rings. The molecular formula is C16H25N3OS. The summed E-state index contributed by atoms with van der Waals surface area (Å²) in [7, 11) is 0. The molecule has 0 radical (unpaired) electrons. The maximum atomic E-state index is 5.41. The zero-order valence-electron chi connectivity index (χ0n) is 12.7. The molecule has 0 spiro atoms. The molecule has 0 amide bonds. The maximum absolute atomic E-state index is 5.41. The first kappa shape index (κ1) is 16.2. The fourth-order valence-corrected chi connectivity index (χ4v) is 2.52. The minimum atomic E-state index is 0.468. The Morgan fingerprint density at radius 2 is 2.05 bits per heavy atom. The van der Waals surface area contributed by atoms with Crippen molar-refractivity contribution in [2.75, 3.05) is 31.8 Å². The molecule has 1 aliphatic heterocycles. The topological polar surface area (TPSA) is 45.7 Å². The molecule has 1 aromatic rings. The minimum absolute atomic E-state index is 0.468. The van der Waals surface area contributed by atoms with Crippen molar-refractivity contribution in [2.45, 2.75) is 25.4 Å². The smallest absolute Gasteiger partial charge is 0.191 e. The van der Waals surface area contributed by atoms with E-state index in [1.807, 2.05) is 17.8 Å². The van der Waals surface area contributed by atoms with Gasteiger partial charge < -0.3 is 15.4 Å². The number of guanidine groups is 1. The summed E-state index contributed by atoms with van der Waals surface area (Å²) in [4.78, 5) is 4.70. The molecule has 4 nitrogen and oxygen atoms in total. The van der Waals surface area contributed by atoms with E-state index in [1.165, 1.54) is 5.56 Å². The average Bonchev–Trinajstić information content (AvgIpc) is 2.54. The second-order valence-electron chi connectivity index (χ2n) is 5.10. The summed E-state index contributed by atoms with van der Waals surface area (Å²) in [6, 6.07) is 10.8. The molecule has 0 saturated carbocycles. The Morgan fingerprint density at radius 3 is 2.76 bits per heavy atom. The number of aliphatic imine (C=N–C) groups is 1. The maximum Gasteiger partial charge on any atom is 0.191 e. The van der Waals surface area contributed by atoms with Gasteiger partial charge in [0.1, 0.15) is 0 Å². The van der Waals surface area contributed by atoms with Crippen LogP contribution in [0.1, 0.15) is 18.4 Å². The number of nitrogens with one attached hydrogen (secondary N) is 2. The van der Waals surface area contributed by atoms with Crippen LogP contribution in [0, 0.1) is 0 Å². The van der Waals surface area contributed by atoms with Crippen molar-refractivity contribution in [1.29, 1.82) is 0 Å². The molecule has 1 heterocycles. The lowest BCUT2D eigenvalue weighted by Gasteiger charge is -2.25. The summed E-state index contributed by atoms with van der Waals surface area (Å²) in [5, 5.41) is 6.95. The predicted octanol–water partition coefficient (Wildman–Crippen LogP) is 2.26. The highest BCUT2D eigenvalue weighted by atomic mass is 32.2. The van der Waals surface area contributed by atoms with Crippen molar-refractivity contribution in [1.82, 2.24) is 10.6 Å². The van der Waals surface area contributed by atoms with Crippen molar-refractivity contribution in [3.8, 4) is 0 Å². The Morgan fingerprint density at radius 1 is 1.29 bits per heavy atom. The van der Waals surface area contributed by atoms with Crippen LogP contribution in [0.2, 0.25) is 0 Å². The molecular weight excluding hydrogens is 282 g/mol. The van der Waals surface area contributed by atoms with Crippen molar-refractivity contribution >= 4 is 17.7 Å². The van der Waals surface area contributed by atoms with Gasteiger partial charge in [0, 0.05) is 31.6 Å². The molecule has 2 rings (SSSR count). The second-order valence-corrected chi connectivity index (χ2v) is 6.09.